The van der Waals surface area contributed by atoms with Crippen molar-refractivity contribution in [3.8, 4) is 5.69 Å². The summed E-state index contributed by atoms with van der Waals surface area (Å²) in [5.41, 5.74) is 0.718. The molecule has 0 radical (unpaired) electrons. The Morgan fingerprint density at radius 2 is 1.78 bits per heavy atom. The molecule has 0 saturated carbocycles. The molecular formula is C19H13N3O4S. The molecule has 134 valence electrons. The standard InChI is InChI=1S/C19H13N3O4S/c23-18-17-16(9-10-27-17)20(12-13-5-4-8-15(11-13)22(25)26)19(24)21(18)14-6-2-1-3-7-14/h1-11H,12H2. The summed E-state index contributed by atoms with van der Waals surface area (Å²) in [5, 5.41) is 12.8. The molecule has 0 N–H and O–H groups in total. The van der Waals surface area contributed by atoms with Crippen molar-refractivity contribution in [2.45, 2.75) is 6.54 Å². The van der Waals surface area contributed by atoms with Gasteiger partial charge in [0.05, 0.1) is 22.7 Å². The minimum atomic E-state index is -0.483. The van der Waals surface area contributed by atoms with Gasteiger partial charge in [-0.25, -0.2) is 9.36 Å². The molecule has 2 heterocycles. The van der Waals surface area contributed by atoms with E-state index < -0.39 is 10.6 Å². The van der Waals surface area contributed by atoms with Crippen LogP contribution in [0, 0.1) is 10.1 Å². The van der Waals surface area contributed by atoms with Crippen molar-refractivity contribution in [3.63, 3.8) is 0 Å². The van der Waals surface area contributed by atoms with E-state index >= 15 is 0 Å². The van der Waals surface area contributed by atoms with E-state index in [9.17, 15) is 19.7 Å². The summed E-state index contributed by atoms with van der Waals surface area (Å²) in [4.78, 5) is 36.5. The van der Waals surface area contributed by atoms with Crippen LogP contribution in [0.15, 0.2) is 75.6 Å². The molecule has 0 bridgehead atoms. The van der Waals surface area contributed by atoms with Gasteiger partial charge in [0.15, 0.2) is 0 Å². The van der Waals surface area contributed by atoms with Crippen LogP contribution in [-0.4, -0.2) is 14.1 Å². The number of thiophene rings is 1. The number of nitro groups is 1. The lowest BCUT2D eigenvalue weighted by atomic mass is 10.2. The number of hydrogen-bond acceptors (Lipinski definition) is 5. The van der Waals surface area contributed by atoms with Gasteiger partial charge in [0.2, 0.25) is 0 Å². The maximum atomic E-state index is 13.1. The Kier molecular flexibility index (Phi) is 4.17. The van der Waals surface area contributed by atoms with Crippen molar-refractivity contribution in [1.82, 2.24) is 9.13 Å². The predicted octanol–water partition coefficient (Wildman–Crippen LogP) is 3.17. The monoisotopic (exact) mass is 379 g/mol. The molecular weight excluding hydrogens is 366 g/mol. The van der Waals surface area contributed by atoms with Crippen LogP contribution in [0.5, 0.6) is 0 Å². The Morgan fingerprint density at radius 3 is 2.52 bits per heavy atom. The molecule has 0 aliphatic heterocycles. The molecule has 2 aromatic heterocycles. The first-order chi connectivity index (χ1) is 13.1. The van der Waals surface area contributed by atoms with Crippen molar-refractivity contribution >= 4 is 27.2 Å². The normalized spacial score (nSPS) is 11.0. The zero-order valence-corrected chi connectivity index (χ0v) is 14.8. The molecule has 4 rings (SSSR count). The van der Waals surface area contributed by atoms with Crippen LogP contribution in [0.4, 0.5) is 5.69 Å². The summed E-state index contributed by atoms with van der Waals surface area (Å²) < 4.78 is 3.07. The zero-order valence-electron chi connectivity index (χ0n) is 13.9. The molecule has 2 aromatic carbocycles. The van der Waals surface area contributed by atoms with E-state index in [0.29, 0.717) is 21.5 Å². The predicted molar refractivity (Wildman–Crippen MR) is 104 cm³/mol. The number of para-hydroxylation sites is 1. The molecule has 7 nitrogen and oxygen atoms in total. The van der Waals surface area contributed by atoms with E-state index in [1.807, 2.05) is 0 Å². The van der Waals surface area contributed by atoms with E-state index in [4.69, 9.17) is 0 Å². The summed E-state index contributed by atoms with van der Waals surface area (Å²) in [6, 6.07) is 16.6. The number of non-ortho nitro benzene ring substituents is 1. The van der Waals surface area contributed by atoms with Gasteiger partial charge in [0, 0.05) is 12.1 Å². The summed E-state index contributed by atoms with van der Waals surface area (Å²) in [7, 11) is 0. The van der Waals surface area contributed by atoms with E-state index in [1.54, 1.807) is 53.9 Å². The Labute approximate surface area is 156 Å². The van der Waals surface area contributed by atoms with Gasteiger partial charge in [0.25, 0.3) is 11.2 Å². The second-order valence-corrected chi connectivity index (χ2v) is 6.82. The topological polar surface area (TPSA) is 87.1 Å². The third-order valence-corrected chi connectivity index (χ3v) is 5.12. The fraction of sp³-hybridized carbons (Fsp3) is 0.0526. The number of nitrogens with zero attached hydrogens (tertiary/aromatic N) is 3. The third-order valence-electron chi connectivity index (χ3n) is 4.23. The highest BCUT2D eigenvalue weighted by molar-refractivity contribution is 7.17. The van der Waals surface area contributed by atoms with Gasteiger partial charge >= 0.3 is 5.69 Å². The summed E-state index contributed by atoms with van der Waals surface area (Å²) in [6.07, 6.45) is 0. The van der Waals surface area contributed by atoms with Crippen molar-refractivity contribution in [2.75, 3.05) is 0 Å². The number of fused-ring (bicyclic) bond motifs is 1. The Bertz CT molecular complexity index is 1270. The first kappa shape index (κ1) is 16.9. The van der Waals surface area contributed by atoms with Crippen molar-refractivity contribution < 1.29 is 4.92 Å². The zero-order chi connectivity index (χ0) is 19.0. The minimum Gasteiger partial charge on any atom is -0.288 e. The smallest absolute Gasteiger partial charge is 0.288 e. The van der Waals surface area contributed by atoms with Crippen LogP contribution < -0.4 is 11.2 Å². The second-order valence-electron chi connectivity index (χ2n) is 5.91. The second kappa shape index (κ2) is 6.65. The Hall–Kier alpha value is -3.52. The number of hydrogen-bond donors (Lipinski definition) is 0. The molecule has 0 aliphatic rings. The van der Waals surface area contributed by atoms with Gasteiger partial charge < -0.3 is 0 Å². The van der Waals surface area contributed by atoms with Crippen LogP contribution in [-0.2, 0) is 6.54 Å². The van der Waals surface area contributed by atoms with Gasteiger partial charge in [-0.1, -0.05) is 30.3 Å². The maximum Gasteiger partial charge on any atom is 0.336 e. The molecule has 0 spiro atoms. The van der Waals surface area contributed by atoms with E-state index in [2.05, 4.69) is 0 Å². The highest BCUT2D eigenvalue weighted by atomic mass is 32.1. The molecule has 0 atom stereocenters. The Morgan fingerprint density at radius 1 is 1.00 bits per heavy atom. The van der Waals surface area contributed by atoms with Crippen LogP contribution in [0.2, 0.25) is 0 Å². The van der Waals surface area contributed by atoms with Crippen LogP contribution in [0.25, 0.3) is 15.9 Å². The lowest BCUT2D eigenvalue weighted by Gasteiger charge is -2.12. The van der Waals surface area contributed by atoms with E-state index in [-0.39, 0.29) is 17.8 Å². The van der Waals surface area contributed by atoms with Gasteiger partial charge in [-0.15, -0.1) is 11.3 Å². The quantitative estimate of drug-likeness (QED) is 0.402. The number of aromatic nitrogens is 2. The minimum absolute atomic E-state index is 0.0431. The summed E-state index contributed by atoms with van der Waals surface area (Å²) in [6.45, 7) is 0.126. The fourth-order valence-corrected chi connectivity index (χ4v) is 3.82. The van der Waals surface area contributed by atoms with Crippen molar-refractivity contribution in [1.29, 1.82) is 0 Å². The fourth-order valence-electron chi connectivity index (χ4n) is 3.00. The highest BCUT2D eigenvalue weighted by Crippen LogP contribution is 2.19. The summed E-state index contributed by atoms with van der Waals surface area (Å²) in [5.74, 6) is 0. The lowest BCUT2D eigenvalue weighted by Crippen LogP contribution is -2.38. The Balaban J connectivity index is 1.95. The SMILES string of the molecule is O=c1c2sccc2n(Cc2cccc([N+](=O)[O-])c2)c(=O)n1-c1ccccc1. The molecule has 0 unspecified atom stereocenters. The molecule has 4 aromatic rings. The number of nitro benzene ring substituents is 1. The van der Waals surface area contributed by atoms with Crippen molar-refractivity contribution in [3.05, 3.63) is 103 Å². The molecule has 0 aliphatic carbocycles. The maximum absolute atomic E-state index is 13.1. The van der Waals surface area contributed by atoms with Gasteiger partial charge in [-0.05, 0) is 29.1 Å². The number of benzene rings is 2. The van der Waals surface area contributed by atoms with E-state index in [1.165, 1.54) is 28.0 Å². The molecule has 0 amide bonds. The van der Waals surface area contributed by atoms with Crippen molar-refractivity contribution in [2.24, 2.45) is 0 Å². The van der Waals surface area contributed by atoms with Gasteiger partial charge in [-0.3, -0.25) is 19.5 Å². The summed E-state index contributed by atoms with van der Waals surface area (Å²) >= 11 is 1.26. The number of rotatable bonds is 4. The molecule has 8 heteroatoms. The van der Waals surface area contributed by atoms with Gasteiger partial charge in [-0.2, -0.15) is 0 Å². The highest BCUT2D eigenvalue weighted by Gasteiger charge is 2.16. The lowest BCUT2D eigenvalue weighted by molar-refractivity contribution is -0.384. The molecule has 0 fully saturated rings. The first-order valence-corrected chi connectivity index (χ1v) is 8.96. The largest absolute Gasteiger partial charge is 0.336 e. The van der Waals surface area contributed by atoms with E-state index in [0.717, 1.165) is 4.57 Å². The van der Waals surface area contributed by atoms with Crippen LogP contribution >= 0.6 is 11.3 Å². The van der Waals surface area contributed by atoms with Crippen LogP contribution in [0.3, 0.4) is 0 Å². The molecule has 0 saturated heterocycles. The molecule has 27 heavy (non-hydrogen) atoms. The van der Waals surface area contributed by atoms with Gasteiger partial charge in [0.1, 0.15) is 4.70 Å². The first-order valence-electron chi connectivity index (χ1n) is 8.08. The third kappa shape index (κ3) is 2.96. The average Bonchev–Trinajstić information content (AvgIpc) is 3.16. The average molecular weight is 379 g/mol. The van der Waals surface area contributed by atoms with Crippen LogP contribution in [0.1, 0.15) is 5.56 Å².